The van der Waals surface area contributed by atoms with Crippen LogP contribution in [0.25, 0.3) is 20.9 Å². The maximum absolute atomic E-state index is 11.3. The van der Waals surface area contributed by atoms with E-state index >= 15 is 0 Å². The van der Waals surface area contributed by atoms with E-state index in [9.17, 15) is 9.59 Å². The molecule has 2 rings (SSSR count). The second kappa shape index (κ2) is 6.65. The molecule has 2 amide bonds. The number of azide groups is 1. The standard InChI is InChI=1S/C10H14N8O3S/c11-17-15-10(8(19)20,16-18-12)3-1-2-6-7-5(4-22-6)13-9(21)14-7/h5-7H,1-4H2,(H,19,20)(H2,13,14,21)/t5-,6-,7-/m0/s1. The summed E-state index contributed by atoms with van der Waals surface area (Å²) in [5.41, 5.74) is 14.8. The average molecular weight is 326 g/mol. The van der Waals surface area contributed by atoms with E-state index in [-0.39, 0.29) is 29.8 Å². The lowest BCUT2D eigenvalue weighted by atomic mass is 9.99. The molecular weight excluding hydrogens is 312 g/mol. The number of aliphatic carboxylic acids is 1. The lowest BCUT2D eigenvalue weighted by Gasteiger charge is -2.20. The first-order valence-electron chi connectivity index (χ1n) is 6.57. The van der Waals surface area contributed by atoms with Crippen molar-refractivity contribution in [2.24, 2.45) is 10.2 Å². The fourth-order valence-electron chi connectivity index (χ4n) is 2.65. The normalized spacial score (nSPS) is 28.4. The highest BCUT2D eigenvalue weighted by atomic mass is 32.2. The van der Waals surface area contributed by atoms with Crippen molar-refractivity contribution in [3.63, 3.8) is 0 Å². The number of hydrogen-bond donors (Lipinski definition) is 3. The van der Waals surface area contributed by atoms with Crippen LogP contribution in [0.15, 0.2) is 10.2 Å². The molecule has 0 unspecified atom stereocenters. The predicted molar refractivity (Wildman–Crippen MR) is 78.0 cm³/mol. The van der Waals surface area contributed by atoms with Gasteiger partial charge in [0.1, 0.15) is 0 Å². The minimum atomic E-state index is -2.14. The van der Waals surface area contributed by atoms with E-state index in [1.165, 1.54) is 0 Å². The van der Waals surface area contributed by atoms with Crippen molar-refractivity contribution in [2.45, 2.75) is 42.3 Å². The Morgan fingerprint density at radius 2 is 2.09 bits per heavy atom. The number of nitrogens with zero attached hydrogens (tertiary/aromatic N) is 6. The van der Waals surface area contributed by atoms with Crippen molar-refractivity contribution < 1.29 is 14.7 Å². The topological polar surface area (TPSA) is 176 Å². The first-order chi connectivity index (χ1) is 10.5. The third kappa shape index (κ3) is 3.14. The number of rotatable bonds is 7. The molecule has 2 saturated heterocycles. The number of nitrogens with one attached hydrogen (secondary N) is 2. The molecule has 11 nitrogen and oxygen atoms in total. The van der Waals surface area contributed by atoms with E-state index in [0.717, 1.165) is 5.75 Å². The van der Waals surface area contributed by atoms with Crippen LogP contribution in [0.3, 0.4) is 0 Å². The van der Waals surface area contributed by atoms with Gasteiger partial charge in [-0.25, -0.2) is 4.79 Å². The number of urea groups is 1. The van der Waals surface area contributed by atoms with Gasteiger partial charge in [-0.15, -0.1) is 0 Å². The van der Waals surface area contributed by atoms with Gasteiger partial charge in [-0.3, -0.25) is 4.79 Å². The molecule has 3 N–H and O–H groups in total. The number of hydrogen-bond acceptors (Lipinski definition) is 5. The van der Waals surface area contributed by atoms with Crippen molar-refractivity contribution in [3.05, 3.63) is 20.9 Å². The summed E-state index contributed by atoms with van der Waals surface area (Å²) in [5.74, 6) is -0.680. The molecule has 12 heteroatoms. The number of carbonyl (C=O) groups excluding carboxylic acids is 1. The Hall–Kier alpha value is -2.29. The number of carboxylic acid groups (broad SMARTS) is 1. The van der Waals surface area contributed by atoms with Crippen molar-refractivity contribution in [1.82, 2.24) is 10.6 Å². The second-order valence-corrected chi connectivity index (χ2v) is 6.29. The molecule has 2 aliphatic heterocycles. The third-order valence-electron chi connectivity index (χ3n) is 3.71. The molecule has 0 spiro atoms. The monoisotopic (exact) mass is 326 g/mol. The van der Waals surface area contributed by atoms with Gasteiger partial charge in [-0.05, 0) is 23.9 Å². The molecule has 2 fully saturated rings. The summed E-state index contributed by atoms with van der Waals surface area (Å²) < 4.78 is 0. The SMILES string of the molecule is [N-]=[N+]=NC(CCC[C@@H]1SC[C@@H]2NC(=O)N[C@@H]21)(N=[N+]=[N-])C(=O)O. The van der Waals surface area contributed by atoms with E-state index in [1.807, 2.05) is 0 Å². The molecule has 2 heterocycles. The molecule has 0 radical (unpaired) electrons. The zero-order chi connectivity index (χ0) is 16.2. The van der Waals surface area contributed by atoms with Crippen LogP contribution >= 0.6 is 11.8 Å². The second-order valence-electron chi connectivity index (χ2n) is 5.01. The molecule has 0 aliphatic carbocycles. The van der Waals surface area contributed by atoms with Crippen LogP contribution in [-0.4, -0.2) is 45.9 Å². The molecule has 22 heavy (non-hydrogen) atoms. The van der Waals surface area contributed by atoms with Crippen LogP contribution < -0.4 is 10.6 Å². The van der Waals surface area contributed by atoms with Crippen LogP contribution in [0.4, 0.5) is 4.79 Å². The van der Waals surface area contributed by atoms with Gasteiger partial charge in [0.2, 0.25) is 5.66 Å². The Bertz CT molecular complexity index is 547. The van der Waals surface area contributed by atoms with Gasteiger partial charge in [0.25, 0.3) is 0 Å². The molecule has 0 saturated carbocycles. The Balaban J connectivity index is 1.96. The van der Waals surface area contributed by atoms with Gasteiger partial charge >= 0.3 is 12.0 Å². The fraction of sp³-hybridized carbons (Fsp3) is 0.800. The maximum atomic E-state index is 11.3. The zero-order valence-corrected chi connectivity index (χ0v) is 12.2. The van der Waals surface area contributed by atoms with Gasteiger partial charge in [0.05, 0.1) is 12.1 Å². The number of carboxylic acids is 1. The number of carbonyl (C=O) groups is 2. The highest BCUT2D eigenvalue weighted by molar-refractivity contribution is 8.00. The van der Waals surface area contributed by atoms with Crippen molar-refractivity contribution in [2.75, 3.05) is 5.75 Å². The van der Waals surface area contributed by atoms with Gasteiger partial charge in [0.15, 0.2) is 0 Å². The molecule has 0 aromatic carbocycles. The van der Waals surface area contributed by atoms with Crippen molar-refractivity contribution >= 4 is 23.8 Å². The smallest absolute Gasteiger partial charge is 0.321 e. The predicted octanol–water partition coefficient (Wildman–Crippen LogP) is 1.72. The summed E-state index contributed by atoms with van der Waals surface area (Å²) in [6.45, 7) is 0. The van der Waals surface area contributed by atoms with Gasteiger partial charge < -0.3 is 15.7 Å². The van der Waals surface area contributed by atoms with Gasteiger partial charge in [-0.2, -0.15) is 11.8 Å². The first kappa shape index (κ1) is 16.1. The van der Waals surface area contributed by atoms with E-state index in [2.05, 4.69) is 30.7 Å². The quantitative estimate of drug-likeness (QED) is 0.279. The van der Waals surface area contributed by atoms with Crippen LogP contribution in [-0.2, 0) is 4.79 Å². The van der Waals surface area contributed by atoms with Crippen molar-refractivity contribution in [1.29, 1.82) is 0 Å². The highest BCUT2D eigenvalue weighted by Crippen LogP contribution is 2.34. The molecule has 3 atom stereocenters. The lowest BCUT2D eigenvalue weighted by molar-refractivity contribution is -0.143. The van der Waals surface area contributed by atoms with E-state index in [4.69, 9.17) is 16.2 Å². The number of thioether (sulfide) groups is 1. The zero-order valence-electron chi connectivity index (χ0n) is 11.4. The van der Waals surface area contributed by atoms with E-state index in [0.29, 0.717) is 12.8 Å². The molecule has 0 bridgehead atoms. The summed E-state index contributed by atoms with van der Waals surface area (Å²) in [6, 6.07) is -0.0972. The largest absolute Gasteiger partial charge is 0.481 e. The summed E-state index contributed by atoms with van der Waals surface area (Å²) in [4.78, 5) is 27.5. The molecule has 0 aromatic heterocycles. The van der Waals surface area contributed by atoms with Gasteiger partial charge in [-0.1, -0.05) is 16.6 Å². The van der Waals surface area contributed by atoms with Crippen molar-refractivity contribution in [3.8, 4) is 0 Å². The molecule has 0 aromatic rings. The van der Waals surface area contributed by atoms with E-state index in [1.54, 1.807) is 11.8 Å². The van der Waals surface area contributed by atoms with Crippen LogP contribution in [0, 0.1) is 0 Å². The highest BCUT2D eigenvalue weighted by Gasteiger charge is 2.43. The average Bonchev–Trinajstić information content (AvgIpc) is 2.99. The Morgan fingerprint density at radius 3 is 2.68 bits per heavy atom. The third-order valence-corrected chi connectivity index (χ3v) is 5.22. The molecule has 118 valence electrons. The number of amides is 2. The minimum Gasteiger partial charge on any atom is -0.481 e. The van der Waals surface area contributed by atoms with Gasteiger partial charge in [0, 0.05) is 20.8 Å². The minimum absolute atomic E-state index is 0.00987. The summed E-state index contributed by atoms with van der Waals surface area (Å²) in [7, 11) is 0. The van der Waals surface area contributed by atoms with Crippen LogP contribution in [0.5, 0.6) is 0 Å². The Kier molecular flexibility index (Phi) is 4.86. The van der Waals surface area contributed by atoms with Crippen LogP contribution in [0.1, 0.15) is 19.3 Å². The molecular formula is C10H14N8O3S. The summed E-state index contributed by atoms with van der Waals surface area (Å²) >= 11 is 1.69. The summed E-state index contributed by atoms with van der Waals surface area (Å²) in [5, 5.41) is 21.3. The first-order valence-corrected chi connectivity index (χ1v) is 7.62. The summed E-state index contributed by atoms with van der Waals surface area (Å²) in [6.07, 6.45) is 0.915. The Labute approximate surface area is 129 Å². The van der Waals surface area contributed by atoms with Crippen LogP contribution in [0.2, 0.25) is 0 Å². The fourth-order valence-corrected chi connectivity index (χ4v) is 4.20. The maximum Gasteiger partial charge on any atom is 0.321 e. The van der Waals surface area contributed by atoms with E-state index < -0.39 is 11.6 Å². The lowest BCUT2D eigenvalue weighted by Crippen LogP contribution is -2.37. The number of fused-ring (bicyclic) bond motifs is 1. The Morgan fingerprint density at radius 1 is 1.41 bits per heavy atom. The molecule has 2 aliphatic rings.